The van der Waals surface area contributed by atoms with Gasteiger partial charge < -0.3 is 9.84 Å². The van der Waals surface area contributed by atoms with E-state index >= 15 is 0 Å². The van der Waals surface area contributed by atoms with Gasteiger partial charge in [0, 0.05) is 0 Å². The summed E-state index contributed by atoms with van der Waals surface area (Å²) in [4.78, 5) is 10.9. The van der Waals surface area contributed by atoms with Gasteiger partial charge in [0.2, 0.25) is 0 Å². The molecule has 0 radical (unpaired) electrons. The molecule has 0 amide bonds. The van der Waals surface area contributed by atoms with Gasteiger partial charge in [-0.1, -0.05) is 23.7 Å². The largest absolute Gasteiger partial charge is 0.478 e. The van der Waals surface area contributed by atoms with E-state index in [0.717, 1.165) is 0 Å². The van der Waals surface area contributed by atoms with E-state index in [-0.39, 0.29) is 22.1 Å². The fraction of sp³-hybridized carbons (Fsp3) is 0.0714. The third-order valence-electron chi connectivity index (χ3n) is 2.57. The maximum absolute atomic E-state index is 13.7. The van der Waals surface area contributed by atoms with Crippen LogP contribution in [0.3, 0.4) is 0 Å². The lowest BCUT2D eigenvalue weighted by Gasteiger charge is -2.10. The standard InChI is InChI=1S/C14H10ClFO3/c1-8-5-6-9(14(17)18)7-12(8)19-11-4-2-3-10(15)13(11)16/h2-7H,1H3,(H,17,18). The summed E-state index contributed by atoms with van der Waals surface area (Å²) in [5.74, 6) is -1.51. The molecule has 0 atom stereocenters. The highest BCUT2D eigenvalue weighted by atomic mass is 35.5. The molecule has 19 heavy (non-hydrogen) atoms. The Hall–Kier alpha value is -2.07. The van der Waals surface area contributed by atoms with E-state index < -0.39 is 11.8 Å². The van der Waals surface area contributed by atoms with Crippen molar-refractivity contribution in [3.8, 4) is 11.5 Å². The summed E-state index contributed by atoms with van der Waals surface area (Å²) in [5.41, 5.74) is 0.771. The Morgan fingerprint density at radius 2 is 2.00 bits per heavy atom. The first-order valence-electron chi connectivity index (χ1n) is 5.45. The first-order valence-corrected chi connectivity index (χ1v) is 5.82. The normalized spacial score (nSPS) is 10.3. The van der Waals surface area contributed by atoms with Crippen molar-refractivity contribution >= 4 is 17.6 Å². The Labute approximate surface area is 114 Å². The average molecular weight is 281 g/mol. The minimum atomic E-state index is -1.07. The molecule has 0 unspecified atom stereocenters. The molecule has 5 heteroatoms. The highest BCUT2D eigenvalue weighted by Gasteiger charge is 2.12. The summed E-state index contributed by atoms with van der Waals surface area (Å²) in [6.07, 6.45) is 0. The van der Waals surface area contributed by atoms with E-state index in [0.29, 0.717) is 5.56 Å². The molecule has 3 nitrogen and oxygen atoms in total. The van der Waals surface area contributed by atoms with Gasteiger partial charge in [0.1, 0.15) is 5.75 Å². The van der Waals surface area contributed by atoms with Crippen LogP contribution in [-0.2, 0) is 0 Å². The zero-order chi connectivity index (χ0) is 14.0. The Kier molecular flexibility index (Phi) is 3.71. The number of carboxylic acid groups (broad SMARTS) is 1. The van der Waals surface area contributed by atoms with Crippen LogP contribution in [0.25, 0.3) is 0 Å². The lowest BCUT2D eigenvalue weighted by atomic mass is 10.1. The highest BCUT2D eigenvalue weighted by Crippen LogP contribution is 2.31. The van der Waals surface area contributed by atoms with Crippen LogP contribution in [-0.4, -0.2) is 11.1 Å². The Bertz CT molecular complexity index is 641. The van der Waals surface area contributed by atoms with Crippen molar-refractivity contribution in [3.63, 3.8) is 0 Å². The molecule has 0 spiro atoms. The van der Waals surface area contributed by atoms with E-state index in [1.165, 1.54) is 24.3 Å². The van der Waals surface area contributed by atoms with Gasteiger partial charge in [-0.25, -0.2) is 9.18 Å². The molecule has 1 N–H and O–H groups in total. The number of carbonyl (C=O) groups is 1. The average Bonchev–Trinajstić information content (AvgIpc) is 2.37. The van der Waals surface area contributed by atoms with Crippen LogP contribution < -0.4 is 4.74 Å². The van der Waals surface area contributed by atoms with Crippen molar-refractivity contribution in [2.45, 2.75) is 6.92 Å². The van der Waals surface area contributed by atoms with E-state index in [2.05, 4.69) is 0 Å². The van der Waals surface area contributed by atoms with E-state index in [4.69, 9.17) is 21.4 Å². The van der Waals surface area contributed by atoms with Crippen LogP contribution in [0.2, 0.25) is 5.02 Å². The molecule has 0 aliphatic heterocycles. The van der Waals surface area contributed by atoms with Crippen molar-refractivity contribution < 1.29 is 19.0 Å². The summed E-state index contributed by atoms with van der Waals surface area (Å²) in [7, 11) is 0. The second kappa shape index (κ2) is 5.28. The van der Waals surface area contributed by atoms with Crippen molar-refractivity contribution in [3.05, 3.63) is 58.4 Å². The number of halogens is 2. The van der Waals surface area contributed by atoms with Crippen molar-refractivity contribution in [2.75, 3.05) is 0 Å². The fourth-order valence-electron chi connectivity index (χ4n) is 1.52. The third kappa shape index (κ3) is 2.85. The van der Waals surface area contributed by atoms with Gasteiger partial charge >= 0.3 is 5.97 Å². The van der Waals surface area contributed by atoms with Gasteiger partial charge in [0.25, 0.3) is 0 Å². The van der Waals surface area contributed by atoms with Crippen LogP contribution in [0, 0.1) is 12.7 Å². The number of carboxylic acids is 1. The molecule has 0 aliphatic rings. The lowest BCUT2D eigenvalue weighted by Crippen LogP contribution is -1.98. The van der Waals surface area contributed by atoms with Crippen LogP contribution in [0.4, 0.5) is 4.39 Å². The second-order valence-electron chi connectivity index (χ2n) is 3.94. The number of ether oxygens (including phenoxy) is 1. The van der Waals surface area contributed by atoms with Gasteiger partial charge in [-0.2, -0.15) is 0 Å². The third-order valence-corrected chi connectivity index (χ3v) is 2.86. The molecule has 0 bridgehead atoms. The van der Waals surface area contributed by atoms with E-state index in [1.54, 1.807) is 19.1 Å². The maximum Gasteiger partial charge on any atom is 0.335 e. The zero-order valence-electron chi connectivity index (χ0n) is 9.98. The second-order valence-corrected chi connectivity index (χ2v) is 4.35. The predicted molar refractivity (Wildman–Crippen MR) is 69.6 cm³/mol. The van der Waals surface area contributed by atoms with Crippen LogP contribution in [0.5, 0.6) is 11.5 Å². The van der Waals surface area contributed by atoms with Crippen LogP contribution in [0.1, 0.15) is 15.9 Å². The van der Waals surface area contributed by atoms with Crippen molar-refractivity contribution in [1.29, 1.82) is 0 Å². The van der Waals surface area contributed by atoms with Crippen LogP contribution in [0.15, 0.2) is 36.4 Å². The number of aryl methyl sites for hydroxylation is 1. The molecular formula is C14H10ClFO3. The summed E-state index contributed by atoms with van der Waals surface area (Å²) in [6, 6.07) is 8.79. The summed E-state index contributed by atoms with van der Waals surface area (Å²) >= 11 is 5.65. The summed E-state index contributed by atoms with van der Waals surface area (Å²) in [6.45, 7) is 1.74. The van der Waals surface area contributed by atoms with Crippen LogP contribution >= 0.6 is 11.6 Å². The first kappa shape index (κ1) is 13.4. The highest BCUT2D eigenvalue weighted by molar-refractivity contribution is 6.30. The molecule has 0 aliphatic carbocycles. The number of aromatic carboxylic acids is 1. The molecule has 2 aromatic rings. The summed E-state index contributed by atoms with van der Waals surface area (Å²) in [5, 5.41) is 8.86. The topological polar surface area (TPSA) is 46.5 Å². The molecule has 0 fully saturated rings. The first-order chi connectivity index (χ1) is 8.99. The molecule has 98 valence electrons. The number of hydrogen-bond donors (Lipinski definition) is 1. The predicted octanol–water partition coefficient (Wildman–Crippen LogP) is 4.28. The number of rotatable bonds is 3. The number of benzene rings is 2. The molecule has 0 saturated carbocycles. The Balaban J connectivity index is 2.40. The Morgan fingerprint density at radius 1 is 1.26 bits per heavy atom. The molecular weight excluding hydrogens is 271 g/mol. The zero-order valence-corrected chi connectivity index (χ0v) is 10.7. The minimum Gasteiger partial charge on any atom is -0.478 e. The maximum atomic E-state index is 13.7. The quantitative estimate of drug-likeness (QED) is 0.913. The molecule has 0 heterocycles. The summed E-state index contributed by atoms with van der Waals surface area (Å²) < 4.78 is 19.1. The van der Waals surface area contributed by atoms with Crippen molar-refractivity contribution in [1.82, 2.24) is 0 Å². The van der Waals surface area contributed by atoms with E-state index in [9.17, 15) is 9.18 Å². The smallest absolute Gasteiger partial charge is 0.335 e. The SMILES string of the molecule is Cc1ccc(C(=O)O)cc1Oc1cccc(Cl)c1F. The monoisotopic (exact) mass is 280 g/mol. The lowest BCUT2D eigenvalue weighted by molar-refractivity contribution is 0.0696. The Morgan fingerprint density at radius 3 is 2.68 bits per heavy atom. The van der Waals surface area contributed by atoms with Gasteiger partial charge in [-0.15, -0.1) is 0 Å². The number of hydrogen-bond acceptors (Lipinski definition) is 2. The minimum absolute atomic E-state index is 0.0434. The molecule has 2 rings (SSSR count). The fourth-order valence-corrected chi connectivity index (χ4v) is 1.69. The van der Waals surface area contributed by atoms with E-state index in [1.807, 2.05) is 0 Å². The molecule has 0 saturated heterocycles. The van der Waals surface area contributed by atoms with Gasteiger partial charge in [-0.05, 0) is 36.8 Å². The van der Waals surface area contributed by atoms with Crippen molar-refractivity contribution in [2.24, 2.45) is 0 Å². The van der Waals surface area contributed by atoms with Gasteiger partial charge in [0.05, 0.1) is 10.6 Å². The van der Waals surface area contributed by atoms with Gasteiger partial charge in [0.15, 0.2) is 11.6 Å². The molecule has 0 aromatic heterocycles. The van der Waals surface area contributed by atoms with Gasteiger partial charge in [-0.3, -0.25) is 0 Å². The molecule has 2 aromatic carbocycles.